The van der Waals surface area contributed by atoms with E-state index in [1.165, 1.54) is 7.11 Å². The van der Waals surface area contributed by atoms with Gasteiger partial charge in [0.05, 0.1) is 12.7 Å². The Morgan fingerprint density at radius 1 is 1.00 bits per heavy atom. The average Bonchev–Trinajstić information content (AvgIpc) is 2.62. The second-order valence-corrected chi connectivity index (χ2v) is 5.25. The number of para-hydroxylation sites is 1. The van der Waals surface area contributed by atoms with Gasteiger partial charge in [0.15, 0.2) is 0 Å². The molecule has 0 saturated carbocycles. The predicted octanol–water partition coefficient (Wildman–Crippen LogP) is 3.30. The zero-order valence-corrected chi connectivity index (χ0v) is 13.9. The van der Waals surface area contributed by atoms with Crippen LogP contribution in [0.15, 0.2) is 54.6 Å². The minimum Gasteiger partial charge on any atom is -0.465 e. The molecule has 0 radical (unpaired) electrons. The number of carbonyl (C=O) groups is 2. The molecule has 0 amide bonds. The van der Waals surface area contributed by atoms with E-state index in [-0.39, 0.29) is 12.5 Å². The first kappa shape index (κ1) is 17.5. The molecular weight excluding hydrogens is 306 g/mol. The van der Waals surface area contributed by atoms with Gasteiger partial charge in [-0.25, -0.2) is 9.59 Å². The highest BCUT2D eigenvalue weighted by molar-refractivity contribution is 5.89. The minimum absolute atomic E-state index is 0.163. The SMILES string of the molecule is CCCN(CC(=O)Oc1ccc(C(=O)OC)cc1)c1ccccc1. The van der Waals surface area contributed by atoms with Gasteiger partial charge in [-0.15, -0.1) is 0 Å². The number of ether oxygens (including phenoxy) is 2. The van der Waals surface area contributed by atoms with E-state index in [9.17, 15) is 9.59 Å². The number of hydrogen-bond donors (Lipinski definition) is 0. The van der Waals surface area contributed by atoms with Crippen LogP contribution in [-0.2, 0) is 9.53 Å². The maximum Gasteiger partial charge on any atom is 0.337 e. The third-order valence-electron chi connectivity index (χ3n) is 3.44. The van der Waals surface area contributed by atoms with Gasteiger partial charge in [-0.2, -0.15) is 0 Å². The van der Waals surface area contributed by atoms with E-state index >= 15 is 0 Å². The number of anilines is 1. The number of esters is 2. The maximum absolute atomic E-state index is 12.2. The molecule has 5 heteroatoms. The van der Waals surface area contributed by atoms with Crippen molar-refractivity contribution >= 4 is 17.6 Å². The van der Waals surface area contributed by atoms with Gasteiger partial charge >= 0.3 is 11.9 Å². The van der Waals surface area contributed by atoms with Gasteiger partial charge in [-0.05, 0) is 42.8 Å². The second kappa shape index (κ2) is 8.72. The molecule has 2 rings (SSSR count). The van der Waals surface area contributed by atoms with E-state index < -0.39 is 5.97 Å². The molecule has 24 heavy (non-hydrogen) atoms. The Morgan fingerprint density at radius 3 is 2.25 bits per heavy atom. The Labute approximate surface area is 141 Å². The van der Waals surface area contributed by atoms with Crippen LogP contribution in [0, 0.1) is 0 Å². The molecule has 0 fully saturated rings. The molecule has 0 bridgehead atoms. The first-order valence-electron chi connectivity index (χ1n) is 7.83. The van der Waals surface area contributed by atoms with Crippen LogP contribution in [0.3, 0.4) is 0 Å². The smallest absolute Gasteiger partial charge is 0.337 e. The number of rotatable bonds is 7. The zero-order chi connectivity index (χ0) is 17.4. The van der Waals surface area contributed by atoms with Gasteiger partial charge in [-0.1, -0.05) is 25.1 Å². The van der Waals surface area contributed by atoms with Crippen LogP contribution >= 0.6 is 0 Å². The number of carbonyl (C=O) groups excluding carboxylic acids is 2. The zero-order valence-electron chi connectivity index (χ0n) is 13.9. The van der Waals surface area contributed by atoms with E-state index in [4.69, 9.17) is 4.74 Å². The third kappa shape index (κ3) is 4.84. The van der Waals surface area contributed by atoms with Gasteiger partial charge in [0.2, 0.25) is 0 Å². The van der Waals surface area contributed by atoms with Crippen LogP contribution in [0.2, 0.25) is 0 Å². The Bertz CT molecular complexity index is 668. The Balaban J connectivity index is 1.99. The van der Waals surface area contributed by atoms with Crippen LogP contribution in [-0.4, -0.2) is 32.1 Å². The number of benzene rings is 2. The lowest BCUT2D eigenvalue weighted by Gasteiger charge is -2.23. The molecule has 0 aromatic heterocycles. The molecule has 2 aromatic carbocycles. The lowest BCUT2D eigenvalue weighted by Crippen LogP contribution is -2.32. The van der Waals surface area contributed by atoms with Gasteiger partial charge in [0.25, 0.3) is 0 Å². The summed E-state index contributed by atoms with van der Waals surface area (Å²) < 4.78 is 9.98. The normalized spacial score (nSPS) is 10.1. The Morgan fingerprint density at radius 2 is 1.67 bits per heavy atom. The fraction of sp³-hybridized carbons (Fsp3) is 0.263. The van der Waals surface area contributed by atoms with Gasteiger partial charge < -0.3 is 14.4 Å². The Hall–Kier alpha value is -2.82. The van der Waals surface area contributed by atoms with Crippen LogP contribution < -0.4 is 9.64 Å². The lowest BCUT2D eigenvalue weighted by atomic mass is 10.2. The monoisotopic (exact) mass is 327 g/mol. The quantitative estimate of drug-likeness (QED) is 0.577. The van der Waals surface area contributed by atoms with E-state index in [1.54, 1.807) is 24.3 Å². The molecule has 0 aliphatic carbocycles. The number of nitrogens with zero attached hydrogens (tertiary/aromatic N) is 1. The summed E-state index contributed by atoms with van der Waals surface area (Å²) in [6, 6.07) is 16.0. The Kier molecular flexibility index (Phi) is 6.37. The predicted molar refractivity (Wildman–Crippen MR) is 92.4 cm³/mol. The summed E-state index contributed by atoms with van der Waals surface area (Å²) in [6.45, 7) is 2.99. The molecule has 2 aromatic rings. The molecule has 0 aliphatic rings. The second-order valence-electron chi connectivity index (χ2n) is 5.25. The van der Waals surface area contributed by atoms with Crippen LogP contribution in [0.25, 0.3) is 0 Å². The van der Waals surface area contributed by atoms with Crippen molar-refractivity contribution in [2.75, 3.05) is 25.1 Å². The summed E-state index contributed by atoms with van der Waals surface area (Å²) in [5, 5.41) is 0. The highest BCUT2D eigenvalue weighted by atomic mass is 16.5. The molecule has 0 N–H and O–H groups in total. The summed E-state index contributed by atoms with van der Waals surface area (Å²) in [7, 11) is 1.32. The van der Waals surface area contributed by atoms with Gasteiger partial charge in [-0.3, -0.25) is 0 Å². The molecule has 0 saturated heterocycles. The molecule has 0 heterocycles. The van der Waals surface area contributed by atoms with Crippen molar-refractivity contribution in [2.24, 2.45) is 0 Å². The third-order valence-corrected chi connectivity index (χ3v) is 3.44. The summed E-state index contributed by atoms with van der Waals surface area (Å²) in [6.07, 6.45) is 0.927. The molecule has 0 unspecified atom stereocenters. The first-order valence-corrected chi connectivity index (χ1v) is 7.83. The number of methoxy groups -OCH3 is 1. The molecular formula is C19H21NO4. The van der Waals surface area contributed by atoms with E-state index in [0.29, 0.717) is 11.3 Å². The van der Waals surface area contributed by atoms with Crippen molar-refractivity contribution in [3.63, 3.8) is 0 Å². The van der Waals surface area contributed by atoms with Crippen LogP contribution in [0.4, 0.5) is 5.69 Å². The minimum atomic E-state index is -0.425. The summed E-state index contributed by atoms with van der Waals surface area (Å²) in [5.74, 6) is -0.374. The summed E-state index contributed by atoms with van der Waals surface area (Å²) in [5.41, 5.74) is 1.39. The van der Waals surface area contributed by atoms with Crippen molar-refractivity contribution < 1.29 is 19.1 Å². The summed E-state index contributed by atoms with van der Waals surface area (Å²) in [4.78, 5) is 25.6. The van der Waals surface area contributed by atoms with Gasteiger partial charge in [0, 0.05) is 12.2 Å². The van der Waals surface area contributed by atoms with Crippen molar-refractivity contribution in [2.45, 2.75) is 13.3 Å². The van der Waals surface area contributed by atoms with Crippen molar-refractivity contribution in [3.05, 3.63) is 60.2 Å². The van der Waals surface area contributed by atoms with Gasteiger partial charge in [0.1, 0.15) is 12.3 Å². The highest BCUT2D eigenvalue weighted by Gasteiger charge is 2.13. The van der Waals surface area contributed by atoms with Crippen molar-refractivity contribution in [1.29, 1.82) is 0 Å². The largest absolute Gasteiger partial charge is 0.465 e. The van der Waals surface area contributed by atoms with E-state index in [2.05, 4.69) is 11.7 Å². The first-order chi connectivity index (χ1) is 11.6. The average molecular weight is 327 g/mol. The van der Waals surface area contributed by atoms with Crippen molar-refractivity contribution in [1.82, 2.24) is 0 Å². The summed E-state index contributed by atoms with van der Waals surface area (Å²) >= 11 is 0. The lowest BCUT2D eigenvalue weighted by molar-refractivity contribution is -0.132. The molecule has 0 atom stereocenters. The molecule has 126 valence electrons. The fourth-order valence-electron chi connectivity index (χ4n) is 2.30. The highest BCUT2D eigenvalue weighted by Crippen LogP contribution is 2.16. The van der Waals surface area contributed by atoms with Crippen LogP contribution in [0.1, 0.15) is 23.7 Å². The molecule has 0 spiro atoms. The molecule has 0 aliphatic heterocycles. The topological polar surface area (TPSA) is 55.8 Å². The fourth-order valence-corrected chi connectivity index (χ4v) is 2.30. The van der Waals surface area contributed by atoms with E-state index in [0.717, 1.165) is 18.7 Å². The van der Waals surface area contributed by atoms with Crippen LogP contribution in [0.5, 0.6) is 5.75 Å². The standard InChI is InChI=1S/C19H21NO4/c1-3-13-20(16-7-5-4-6-8-16)14-18(21)24-17-11-9-15(10-12-17)19(22)23-2/h4-12H,3,13-14H2,1-2H3. The molecule has 5 nitrogen and oxygen atoms in total. The van der Waals surface area contributed by atoms with Crippen molar-refractivity contribution in [3.8, 4) is 5.75 Å². The maximum atomic E-state index is 12.2. The van der Waals surface area contributed by atoms with E-state index in [1.807, 2.05) is 35.2 Å². The number of hydrogen-bond acceptors (Lipinski definition) is 5.